The Labute approximate surface area is 123 Å². The molecule has 4 rings (SSSR count). The van der Waals surface area contributed by atoms with Gasteiger partial charge < -0.3 is 30.3 Å². The summed E-state index contributed by atoms with van der Waals surface area (Å²) >= 11 is 0. The van der Waals surface area contributed by atoms with Gasteiger partial charge in [0.25, 0.3) is 0 Å². The Morgan fingerprint density at radius 3 is 2.11 bits per heavy atom. The summed E-state index contributed by atoms with van der Waals surface area (Å²) in [5, 5.41) is 5.39. The molecular weight excluding hydrogens is 272 g/mol. The molecule has 0 heterocycles. The van der Waals surface area contributed by atoms with Gasteiger partial charge in [0, 0.05) is 17.1 Å². The van der Waals surface area contributed by atoms with Crippen molar-refractivity contribution in [1.29, 1.82) is 0 Å². The van der Waals surface area contributed by atoms with Crippen molar-refractivity contribution in [2.45, 2.75) is 0 Å². The molecule has 0 radical (unpaired) electrons. The predicted molar refractivity (Wildman–Crippen MR) is 79.1 cm³/mol. The summed E-state index contributed by atoms with van der Waals surface area (Å²) in [5.74, 6) is 0. The minimum Gasteiger partial charge on any atom is -0.748 e. The van der Waals surface area contributed by atoms with E-state index in [0.29, 0.717) is 0 Å². The number of benzene rings is 2. The molecule has 0 spiro atoms. The molecule has 0 aliphatic rings. The normalized spacial score (nSPS) is 9.68. The summed E-state index contributed by atoms with van der Waals surface area (Å²) in [7, 11) is 0. The first kappa shape index (κ1) is 13.6. The quantitative estimate of drug-likeness (QED) is 0.311. The summed E-state index contributed by atoms with van der Waals surface area (Å²) in [6.07, 6.45) is 0. The molecule has 0 fully saturated rings. The van der Waals surface area contributed by atoms with Crippen molar-refractivity contribution in [2.75, 3.05) is 0 Å². The Bertz CT molecular complexity index is 665. The van der Waals surface area contributed by atoms with Crippen LogP contribution in [0.1, 0.15) is 0 Å². The van der Waals surface area contributed by atoms with E-state index in [1.54, 1.807) is 0 Å². The van der Waals surface area contributed by atoms with Crippen LogP contribution >= 0.6 is 0 Å². The third-order valence-electron chi connectivity index (χ3n) is 3.08. The van der Waals surface area contributed by atoms with Crippen molar-refractivity contribution in [1.82, 2.24) is 0 Å². The summed E-state index contributed by atoms with van der Waals surface area (Å²) in [6.45, 7) is 0. The van der Waals surface area contributed by atoms with Gasteiger partial charge in [-0.2, -0.15) is 0 Å². The maximum absolute atomic E-state index is 2.24. The molecule has 0 saturated carbocycles. The first-order valence-corrected chi connectivity index (χ1v) is 6.15. The molecule has 0 saturated heterocycles. The minimum atomic E-state index is 0. The van der Waals surface area contributed by atoms with Crippen molar-refractivity contribution in [3.05, 3.63) is 84.9 Å². The third kappa shape index (κ3) is 2.95. The third-order valence-corrected chi connectivity index (χ3v) is 3.08. The van der Waals surface area contributed by atoms with E-state index in [1.807, 2.05) is 30.3 Å². The molecule has 0 bridgehead atoms. The van der Waals surface area contributed by atoms with E-state index < -0.39 is 0 Å². The van der Waals surface area contributed by atoms with E-state index in [1.165, 1.54) is 21.5 Å². The van der Waals surface area contributed by atoms with E-state index in [0.717, 1.165) is 0 Å². The van der Waals surface area contributed by atoms with Gasteiger partial charge >= 0.3 is 0 Å². The molecule has 0 N–H and O–H groups in total. The molecule has 100 valence electrons. The molecule has 0 unspecified atom stereocenters. The molecule has 1 heteroatoms. The number of hydrogen-bond donors (Lipinski definition) is 0. The minimum absolute atomic E-state index is 0. The van der Waals surface area contributed by atoms with Crippen LogP contribution in [0.3, 0.4) is 0 Å². The molecule has 0 aliphatic carbocycles. The second kappa shape index (κ2) is 6.38. The average molecular weight is 286 g/mol. The van der Waals surface area contributed by atoms with Crippen molar-refractivity contribution in [3.8, 4) is 0 Å². The number of hydrogen-bond acceptors (Lipinski definition) is 0. The zero-order valence-electron chi connectivity index (χ0n) is 10.4. The molecule has 0 aliphatic heterocycles. The standard InChI is InChI=1S/C13H9.C5H5.Fe/c1-3-7-12-10(5-1)9-11-6-2-4-8-13(11)12;1-2-4-5-3-1;/h1-9H;1-5H;/q-1;-5;. The smallest absolute Gasteiger partial charge is 0 e. The Morgan fingerprint density at radius 1 is 0.737 bits per heavy atom. The Kier molecular flexibility index (Phi) is 4.57. The van der Waals surface area contributed by atoms with Crippen LogP contribution in [-0.4, -0.2) is 0 Å². The molecule has 4 aromatic rings. The fourth-order valence-corrected chi connectivity index (χ4v) is 2.22. The largest absolute Gasteiger partial charge is 0.748 e. The van der Waals surface area contributed by atoms with Crippen LogP contribution in [0.25, 0.3) is 21.5 Å². The molecule has 19 heavy (non-hydrogen) atoms. The van der Waals surface area contributed by atoms with Crippen LogP contribution in [-0.2, 0) is 17.1 Å². The van der Waals surface area contributed by atoms with Gasteiger partial charge in [0.15, 0.2) is 0 Å². The summed E-state index contributed by atoms with van der Waals surface area (Å²) in [5.41, 5.74) is 0. The Morgan fingerprint density at radius 2 is 1.37 bits per heavy atom. The first-order valence-electron chi connectivity index (χ1n) is 6.15. The van der Waals surface area contributed by atoms with E-state index in [4.69, 9.17) is 0 Å². The van der Waals surface area contributed by atoms with Gasteiger partial charge in [0.1, 0.15) is 0 Å². The van der Waals surface area contributed by atoms with Gasteiger partial charge in [-0.1, -0.05) is 34.4 Å². The van der Waals surface area contributed by atoms with Gasteiger partial charge in [-0.05, 0) is 0 Å². The molecule has 0 nitrogen and oxygen atoms in total. The van der Waals surface area contributed by atoms with Gasteiger partial charge in [-0.25, -0.2) is 0 Å². The monoisotopic (exact) mass is 286 g/mol. The van der Waals surface area contributed by atoms with Crippen molar-refractivity contribution < 1.29 is 17.1 Å². The topological polar surface area (TPSA) is 0 Å². The van der Waals surface area contributed by atoms with E-state index in [2.05, 4.69) is 54.6 Å². The van der Waals surface area contributed by atoms with Crippen LogP contribution in [0.15, 0.2) is 84.9 Å². The van der Waals surface area contributed by atoms with Crippen LogP contribution < -0.4 is 0 Å². The number of fused-ring (bicyclic) bond motifs is 3. The maximum Gasteiger partial charge on any atom is 0 e. The summed E-state index contributed by atoms with van der Waals surface area (Å²) in [6, 6.07) is 29.3. The molecule has 0 aromatic heterocycles. The molecular formula is C18H14Fe-6. The second-order valence-corrected chi connectivity index (χ2v) is 4.28. The summed E-state index contributed by atoms with van der Waals surface area (Å²) in [4.78, 5) is 0. The van der Waals surface area contributed by atoms with E-state index in [-0.39, 0.29) is 17.1 Å². The van der Waals surface area contributed by atoms with Crippen LogP contribution in [0.4, 0.5) is 0 Å². The van der Waals surface area contributed by atoms with Crippen molar-refractivity contribution >= 4 is 21.5 Å². The average Bonchev–Trinajstić information content (AvgIpc) is 3.10. The Balaban J connectivity index is 0.000000190. The predicted octanol–water partition coefficient (Wildman–Crippen LogP) is 5.11. The zero-order chi connectivity index (χ0) is 12.2. The fraction of sp³-hybridized carbons (Fsp3) is 0. The van der Waals surface area contributed by atoms with Crippen LogP contribution in [0.5, 0.6) is 0 Å². The fourth-order valence-electron chi connectivity index (χ4n) is 2.22. The van der Waals surface area contributed by atoms with E-state index >= 15 is 0 Å². The Hall–Kier alpha value is -1.82. The maximum atomic E-state index is 2.24. The molecule has 0 atom stereocenters. The van der Waals surface area contributed by atoms with Gasteiger partial charge in [0.05, 0.1) is 0 Å². The zero-order valence-corrected chi connectivity index (χ0v) is 11.5. The molecule has 4 aromatic carbocycles. The van der Waals surface area contributed by atoms with Gasteiger partial charge in [-0.3, -0.25) is 0 Å². The van der Waals surface area contributed by atoms with E-state index in [9.17, 15) is 0 Å². The summed E-state index contributed by atoms with van der Waals surface area (Å²) < 4.78 is 0. The SMILES string of the molecule is [Fe].[cH-]1[cH-][cH-][cH-][cH-]1.c1ccc2c(c1)cc1cccc[c-]12. The first-order chi connectivity index (χ1) is 8.95. The van der Waals surface area contributed by atoms with Crippen molar-refractivity contribution in [3.63, 3.8) is 0 Å². The van der Waals surface area contributed by atoms with Gasteiger partial charge in [-0.15, -0.1) is 41.8 Å². The van der Waals surface area contributed by atoms with Crippen LogP contribution in [0.2, 0.25) is 0 Å². The number of rotatable bonds is 0. The van der Waals surface area contributed by atoms with Crippen LogP contribution in [0, 0.1) is 0 Å². The second-order valence-electron chi connectivity index (χ2n) is 4.28. The van der Waals surface area contributed by atoms with Gasteiger partial charge in [0.2, 0.25) is 0 Å². The molecule has 0 amide bonds. The van der Waals surface area contributed by atoms with Crippen molar-refractivity contribution in [2.24, 2.45) is 0 Å².